The van der Waals surface area contributed by atoms with Crippen LogP contribution < -0.4 is 19.6 Å². The minimum Gasteiger partial charge on any atom is -0.497 e. The van der Waals surface area contributed by atoms with Crippen LogP contribution in [-0.2, 0) is 6.61 Å². The number of carbonyl (C=O) groups excluding carboxylic acids is 1. The van der Waals surface area contributed by atoms with Gasteiger partial charge in [-0.05, 0) is 46.7 Å². The molecular formula is C27H22Cl2N2O4. The molecule has 4 aromatic carbocycles. The zero-order valence-electron chi connectivity index (χ0n) is 19.0. The first-order valence-electron chi connectivity index (χ1n) is 10.6. The molecule has 0 aromatic heterocycles. The number of nitrogens with zero attached hydrogens (tertiary/aromatic N) is 1. The van der Waals surface area contributed by atoms with Crippen LogP contribution in [0.25, 0.3) is 10.8 Å². The minimum absolute atomic E-state index is 0.284. The summed E-state index contributed by atoms with van der Waals surface area (Å²) in [6, 6.07) is 22.0. The first kappa shape index (κ1) is 24.4. The van der Waals surface area contributed by atoms with Gasteiger partial charge in [0.1, 0.15) is 23.9 Å². The van der Waals surface area contributed by atoms with Gasteiger partial charge in [0.2, 0.25) is 0 Å². The summed E-state index contributed by atoms with van der Waals surface area (Å²) in [4.78, 5) is 12.7. The molecule has 0 saturated carbocycles. The lowest BCUT2D eigenvalue weighted by Crippen LogP contribution is -2.18. The summed E-state index contributed by atoms with van der Waals surface area (Å²) in [6.45, 7) is 0.284. The highest BCUT2D eigenvalue weighted by atomic mass is 35.5. The molecule has 4 rings (SSSR count). The van der Waals surface area contributed by atoms with Gasteiger partial charge in [-0.15, -0.1) is 0 Å². The molecule has 0 atom stereocenters. The second kappa shape index (κ2) is 11.1. The Balaban J connectivity index is 1.58. The van der Waals surface area contributed by atoms with E-state index in [4.69, 9.17) is 37.4 Å². The lowest BCUT2D eigenvalue weighted by atomic mass is 10.0. The zero-order chi connectivity index (χ0) is 24.8. The van der Waals surface area contributed by atoms with Crippen molar-refractivity contribution in [2.24, 2.45) is 5.10 Å². The second-order valence-corrected chi connectivity index (χ2v) is 8.35. The van der Waals surface area contributed by atoms with Gasteiger partial charge in [0, 0.05) is 17.2 Å². The van der Waals surface area contributed by atoms with Gasteiger partial charge >= 0.3 is 0 Å². The molecule has 178 valence electrons. The minimum atomic E-state index is -0.406. The van der Waals surface area contributed by atoms with E-state index >= 15 is 0 Å². The van der Waals surface area contributed by atoms with Crippen molar-refractivity contribution in [3.8, 4) is 17.2 Å². The molecule has 0 spiro atoms. The smallest absolute Gasteiger partial charge is 0.271 e. The van der Waals surface area contributed by atoms with Crippen LogP contribution in [0.15, 0.2) is 77.9 Å². The van der Waals surface area contributed by atoms with Crippen molar-refractivity contribution < 1.29 is 19.0 Å². The lowest BCUT2D eigenvalue weighted by Gasteiger charge is -2.12. The Bertz CT molecular complexity index is 1380. The summed E-state index contributed by atoms with van der Waals surface area (Å²) in [5.74, 6) is 1.21. The van der Waals surface area contributed by atoms with Gasteiger partial charge in [-0.1, -0.05) is 59.6 Å². The number of amides is 1. The highest BCUT2D eigenvalue weighted by Crippen LogP contribution is 2.29. The first-order valence-corrected chi connectivity index (χ1v) is 11.4. The van der Waals surface area contributed by atoms with E-state index in [1.54, 1.807) is 36.5 Å². The average Bonchev–Trinajstić information content (AvgIpc) is 2.89. The third kappa shape index (κ3) is 5.85. The van der Waals surface area contributed by atoms with Gasteiger partial charge in [-0.25, -0.2) is 5.43 Å². The standard InChI is InChI=1S/C27H22Cl2N2O4/c1-33-20-12-19(13-21(14-20)34-2)27(32)31-30-15-23-22-6-4-3-5-18(22)8-10-26(23)35-16-17-7-9-24(28)25(29)11-17/h3-15H,16H2,1-2H3,(H,31,32)/b30-15-. The van der Waals surface area contributed by atoms with E-state index in [0.29, 0.717) is 32.9 Å². The Morgan fingerprint density at radius 3 is 2.37 bits per heavy atom. The highest BCUT2D eigenvalue weighted by Gasteiger charge is 2.11. The Hall–Kier alpha value is -3.74. The molecule has 0 aliphatic heterocycles. The van der Waals surface area contributed by atoms with Crippen molar-refractivity contribution in [3.05, 3.63) is 99.5 Å². The van der Waals surface area contributed by atoms with Crippen molar-refractivity contribution >= 4 is 46.1 Å². The predicted octanol–water partition coefficient (Wildman–Crippen LogP) is 6.51. The predicted molar refractivity (Wildman–Crippen MR) is 139 cm³/mol. The number of hydrazone groups is 1. The van der Waals surface area contributed by atoms with E-state index in [1.807, 2.05) is 42.5 Å². The summed E-state index contributed by atoms with van der Waals surface area (Å²) in [5, 5.41) is 7.09. The van der Waals surface area contributed by atoms with Crippen LogP contribution in [0.4, 0.5) is 0 Å². The largest absolute Gasteiger partial charge is 0.497 e. The maximum absolute atomic E-state index is 12.7. The molecule has 8 heteroatoms. The van der Waals surface area contributed by atoms with Crippen LogP contribution in [0.2, 0.25) is 10.0 Å². The number of carbonyl (C=O) groups is 1. The van der Waals surface area contributed by atoms with Crippen molar-refractivity contribution in [2.45, 2.75) is 6.61 Å². The number of halogens is 2. The molecule has 0 bridgehead atoms. The molecule has 0 saturated heterocycles. The van der Waals surface area contributed by atoms with E-state index in [-0.39, 0.29) is 6.61 Å². The van der Waals surface area contributed by atoms with Crippen LogP contribution in [0, 0.1) is 0 Å². The Kier molecular flexibility index (Phi) is 7.75. The number of rotatable bonds is 8. The lowest BCUT2D eigenvalue weighted by molar-refractivity contribution is 0.0954. The van der Waals surface area contributed by atoms with Crippen molar-refractivity contribution in [2.75, 3.05) is 14.2 Å². The van der Waals surface area contributed by atoms with Crippen molar-refractivity contribution in [3.63, 3.8) is 0 Å². The van der Waals surface area contributed by atoms with Gasteiger partial charge in [0.25, 0.3) is 5.91 Å². The summed E-state index contributed by atoms with van der Waals surface area (Å²) in [7, 11) is 3.04. The summed E-state index contributed by atoms with van der Waals surface area (Å²) >= 11 is 12.1. The van der Waals surface area contributed by atoms with Crippen LogP contribution in [0.3, 0.4) is 0 Å². The molecule has 35 heavy (non-hydrogen) atoms. The molecular weight excluding hydrogens is 487 g/mol. The van der Waals surface area contributed by atoms with E-state index in [2.05, 4.69) is 10.5 Å². The van der Waals surface area contributed by atoms with Crippen LogP contribution >= 0.6 is 23.2 Å². The Morgan fingerprint density at radius 2 is 1.66 bits per heavy atom. The quantitative estimate of drug-likeness (QED) is 0.217. The molecule has 1 N–H and O–H groups in total. The zero-order valence-corrected chi connectivity index (χ0v) is 20.6. The maximum atomic E-state index is 12.7. The maximum Gasteiger partial charge on any atom is 0.271 e. The molecule has 0 aliphatic rings. The van der Waals surface area contributed by atoms with Crippen molar-refractivity contribution in [1.82, 2.24) is 5.43 Å². The normalized spacial score (nSPS) is 11.0. The fourth-order valence-electron chi connectivity index (χ4n) is 3.48. The Labute approximate surface area is 213 Å². The Morgan fingerprint density at radius 1 is 0.914 bits per heavy atom. The monoisotopic (exact) mass is 508 g/mol. The molecule has 0 unspecified atom stereocenters. The van der Waals surface area contributed by atoms with Crippen LogP contribution in [0.5, 0.6) is 17.2 Å². The summed E-state index contributed by atoms with van der Waals surface area (Å²) < 4.78 is 16.6. The van der Waals surface area contributed by atoms with Gasteiger partial charge < -0.3 is 14.2 Å². The molecule has 0 radical (unpaired) electrons. The number of nitrogens with one attached hydrogen (secondary N) is 1. The number of hydrogen-bond acceptors (Lipinski definition) is 5. The van der Waals surface area contributed by atoms with E-state index in [9.17, 15) is 4.79 Å². The molecule has 6 nitrogen and oxygen atoms in total. The molecule has 1 amide bonds. The fraction of sp³-hybridized carbons (Fsp3) is 0.111. The number of fused-ring (bicyclic) bond motifs is 1. The third-order valence-corrected chi connectivity index (χ3v) is 6.02. The van der Waals surface area contributed by atoms with Gasteiger partial charge in [0.05, 0.1) is 30.5 Å². The van der Waals surface area contributed by atoms with Gasteiger partial charge in [-0.3, -0.25) is 4.79 Å². The van der Waals surface area contributed by atoms with Crippen molar-refractivity contribution in [1.29, 1.82) is 0 Å². The first-order chi connectivity index (χ1) is 17.0. The third-order valence-electron chi connectivity index (χ3n) is 5.28. The second-order valence-electron chi connectivity index (χ2n) is 7.54. The van der Waals surface area contributed by atoms with Gasteiger partial charge in [0.15, 0.2) is 0 Å². The van der Waals surface area contributed by atoms with Crippen LogP contribution in [0.1, 0.15) is 21.5 Å². The van der Waals surface area contributed by atoms with Gasteiger partial charge in [-0.2, -0.15) is 5.10 Å². The van der Waals surface area contributed by atoms with E-state index in [1.165, 1.54) is 14.2 Å². The van der Waals surface area contributed by atoms with E-state index < -0.39 is 5.91 Å². The number of benzene rings is 4. The SMILES string of the molecule is COc1cc(OC)cc(C(=O)N/N=C\c2c(OCc3ccc(Cl)c(Cl)c3)ccc3ccccc23)c1. The molecule has 0 fully saturated rings. The average molecular weight is 509 g/mol. The van der Waals surface area contributed by atoms with E-state index in [0.717, 1.165) is 21.9 Å². The summed E-state index contributed by atoms with van der Waals surface area (Å²) in [5.41, 5.74) is 4.51. The molecule has 0 heterocycles. The molecule has 4 aromatic rings. The van der Waals surface area contributed by atoms with Crippen LogP contribution in [-0.4, -0.2) is 26.3 Å². The number of ether oxygens (including phenoxy) is 3. The number of hydrogen-bond donors (Lipinski definition) is 1. The fourth-order valence-corrected chi connectivity index (χ4v) is 3.80. The highest BCUT2D eigenvalue weighted by molar-refractivity contribution is 6.42. The topological polar surface area (TPSA) is 69.2 Å². The number of methoxy groups -OCH3 is 2. The summed E-state index contributed by atoms with van der Waals surface area (Å²) in [6.07, 6.45) is 1.57. The molecule has 0 aliphatic carbocycles.